The number of aliphatic hydroxyl groups excluding tert-OH is 1. The van der Waals surface area contributed by atoms with Crippen LogP contribution in [0.2, 0.25) is 0 Å². The van der Waals surface area contributed by atoms with Gasteiger partial charge in [0.1, 0.15) is 11.9 Å². The Morgan fingerprint density at radius 1 is 1.56 bits per heavy atom. The molecular weight excluding hydrogens is 274 g/mol. The lowest BCUT2D eigenvalue weighted by Gasteiger charge is -2.38. The van der Waals surface area contributed by atoms with Gasteiger partial charge in [-0.15, -0.1) is 0 Å². The SMILES string of the molecule is NCC1(C(O)c2ccc(Br)o2)CCCOC1. The van der Waals surface area contributed by atoms with Crippen LogP contribution in [-0.4, -0.2) is 24.9 Å². The molecule has 0 bridgehead atoms. The molecule has 4 nitrogen and oxygen atoms in total. The third-order valence-corrected chi connectivity index (χ3v) is 3.63. The Morgan fingerprint density at radius 3 is 2.88 bits per heavy atom. The Bertz CT molecular complexity index is 347. The van der Waals surface area contributed by atoms with Gasteiger partial charge < -0.3 is 20.0 Å². The summed E-state index contributed by atoms with van der Waals surface area (Å²) in [5, 5.41) is 10.3. The molecule has 2 atom stereocenters. The Labute approximate surface area is 103 Å². The minimum atomic E-state index is -0.705. The third kappa shape index (κ3) is 2.18. The molecule has 0 spiro atoms. The van der Waals surface area contributed by atoms with Crippen molar-refractivity contribution in [2.24, 2.45) is 11.1 Å². The van der Waals surface area contributed by atoms with Gasteiger partial charge >= 0.3 is 0 Å². The van der Waals surface area contributed by atoms with Crippen LogP contribution in [0.4, 0.5) is 0 Å². The van der Waals surface area contributed by atoms with E-state index in [4.69, 9.17) is 14.9 Å². The second-order valence-corrected chi connectivity index (χ2v) is 5.05. The maximum atomic E-state index is 10.3. The van der Waals surface area contributed by atoms with Crippen molar-refractivity contribution in [2.45, 2.75) is 18.9 Å². The largest absolute Gasteiger partial charge is 0.452 e. The van der Waals surface area contributed by atoms with Crippen LogP contribution in [0.15, 0.2) is 21.2 Å². The lowest BCUT2D eigenvalue weighted by molar-refractivity contribution is -0.0853. The zero-order valence-corrected chi connectivity index (χ0v) is 10.6. The van der Waals surface area contributed by atoms with E-state index in [0.29, 0.717) is 23.6 Å². The van der Waals surface area contributed by atoms with Gasteiger partial charge in [-0.05, 0) is 40.9 Å². The van der Waals surface area contributed by atoms with Crippen LogP contribution >= 0.6 is 15.9 Å². The van der Waals surface area contributed by atoms with E-state index in [1.807, 2.05) is 0 Å². The average molecular weight is 290 g/mol. The molecule has 2 heterocycles. The van der Waals surface area contributed by atoms with Gasteiger partial charge in [-0.2, -0.15) is 0 Å². The molecule has 0 radical (unpaired) electrons. The van der Waals surface area contributed by atoms with E-state index in [1.165, 1.54) is 0 Å². The Hall–Kier alpha value is -0.360. The quantitative estimate of drug-likeness (QED) is 0.891. The number of rotatable bonds is 3. The number of nitrogens with two attached hydrogens (primary N) is 1. The predicted octanol–water partition coefficient (Wildman–Crippen LogP) is 1.83. The molecule has 1 aromatic heterocycles. The zero-order chi connectivity index (χ0) is 11.6. The van der Waals surface area contributed by atoms with Crippen molar-refractivity contribution in [3.8, 4) is 0 Å². The second-order valence-electron chi connectivity index (χ2n) is 4.27. The maximum absolute atomic E-state index is 10.3. The standard InChI is InChI=1S/C11H16BrNO3/c12-9-3-2-8(16-9)10(14)11(6-13)4-1-5-15-7-11/h2-3,10,14H,1,4-7,13H2. The van der Waals surface area contributed by atoms with Gasteiger partial charge in [-0.3, -0.25) is 0 Å². The normalized spacial score (nSPS) is 27.9. The van der Waals surface area contributed by atoms with Crippen molar-refractivity contribution in [1.29, 1.82) is 0 Å². The van der Waals surface area contributed by atoms with Crippen molar-refractivity contribution < 1.29 is 14.3 Å². The first-order chi connectivity index (χ1) is 7.68. The molecule has 3 N–H and O–H groups in total. The summed E-state index contributed by atoms with van der Waals surface area (Å²) in [5.41, 5.74) is 5.38. The van der Waals surface area contributed by atoms with Crippen molar-refractivity contribution in [3.63, 3.8) is 0 Å². The van der Waals surface area contributed by atoms with Gasteiger partial charge in [0.15, 0.2) is 4.67 Å². The molecule has 0 aliphatic carbocycles. The average Bonchev–Trinajstić information content (AvgIpc) is 2.76. The molecule has 1 aliphatic heterocycles. The molecule has 0 aromatic carbocycles. The number of hydrogen-bond donors (Lipinski definition) is 2. The predicted molar refractivity (Wildman–Crippen MR) is 62.9 cm³/mol. The lowest BCUT2D eigenvalue weighted by atomic mass is 9.76. The molecule has 1 aromatic rings. The first-order valence-corrected chi connectivity index (χ1v) is 6.18. The van der Waals surface area contributed by atoms with E-state index in [9.17, 15) is 5.11 Å². The Morgan fingerprint density at radius 2 is 2.38 bits per heavy atom. The van der Waals surface area contributed by atoms with Crippen LogP contribution in [0, 0.1) is 5.41 Å². The van der Waals surface area contributed by atoms with Crippen molar-refractivity contribution >= 4 is 15.9 Å². The van der Waals surface area contributed by atoms with Gasteiger partial charge in [-0.1, -0.05) is 0 Å². The minimum Gasteiger partial charge on any atom is -0.452 e. The number of hydrogen-bond acceptors (Lipinski definition) is 4. The summed E-state index contributed by atoms with van der Waals surface area (Å²) in [6.07, 6.45) is 1.09. The van der Waals surface area contributed by atoms with E-state index in [-0.39, 0.29) is 0 Å². The molecule has 5 heteroatoms. The van der Waals surface area contributed by atoms with Crippen molar-refractivity contribution in [2.75, 3.05) is 19.8 Å². The highest BCUT2D eigenvalue weighted by Gasteiger charge is 2.41. The highest BCUT2D eigenvalue weighted by atomic mass is 79.9. The number of aliphatic hydroxyl groups is 1. The molecule has 1 aliphatic rings. The zero-order valence-electron chi connectivity index (χ0n) is 8.99. The van der Waals surface area contributed by atoms with Crippen molar-refractivity contribution in [3.05, 3.63) is 22.6 Å². The number of furan rings is 1. The molecule has 0 saturated carbocycles. The fourth-order valence-corrected chi connectivity index (χ4v) is 2.46. The molecule has 0 amide bonds. The topological polar surface area (TPSA) is 68.6 Å². The van der Waals surface area contributed by atoms with E-state index in [1.54, 1.807) is 12.1 Å². The summed E-state index contributed by atoms with van der Waals surface area (Å²) in [4.78, 5) is 0. The van der Waals surface area contributed by atoms with Crippen LogP contribution < -0.4 is 5.73 Å². The molecule has 1 fully saturated rings. The highest BCUT2D eigenvalue weighted by molar-refractivity contribution is 9.10. The number of halogens is 1. The fourth-order valence-electron chi connectivity index (χ4n) is 2.14. The van der Waals surface area contributed by atoms with Crippen LogP contribution in [-0.2, 0) is 4.74 Å². The Balaban J connectivity index is 2.20. The first-order valence-electron chi connectivity index (χ1n) is 5.39. The minimum absolute atomic E-state index is 0.395. The summed E-state index contributed by atoms with van der Waals surface area (Å²) in [5.74, 6) is 0.544. The molecule has 90 valence electrons. The van der Waals surface area contributed by atoms with Gasteiger partial charge in [-0.25, -0.2) is 0 Å². The van der Waals surface area contributed by atoms with Crippen LogP contribution in [0.5, 0.6) is 0 Å². The van der Waals surface area contributed by atoms with E-state index in [2.05, 4.69) is 15.9 Å². The van der Waals surface area contributed by atoms with Gasteiger partial charge in [0.2, 0.25) is 0 Å². The smallest absolute Gasteiger partial charge is 0.169 e. The Kier molecular flexibility index (Phi) is 3.69. The highest BCUT2D eigenvalue weighted by Crippen LogP contribution is 2.40. The van der Waals surface area contributed by atoms with Gasteiger partial charge in [0.25, 0.3) is 0 Å². The van der Waals surface area contributed by atoms with Crippen LogP contribution in [0.25, 0.3) is 0 Å². The van der Waals surface area contributed by atoms with Gasteiger partial charge in [0, 0.05) is 18.6 Å². The summed E-state index contributed by atoms with van der Waals surface area (Å²) >= 11 is 3.22. The van der Waals surface area contributed by atoms with Crippen LogP contribution in [0.3, 0.4) is 0 Å². The first kappa shape index (κ1) is 12.1. The number of ether oxygens (including phenoxy) is 1. The summed E-state index contributed by atoms with van der Waals surface area (Å²) in [6.45, 7) is 1.63. The van der Waals surface area contributed by atoms with E-state index < -0.39 is 11.5 Å². The van der Waals surface area contributed by atoms with Crippen LogP contribution in [0.1, 0.15) is 24.7 Å². The van der Waals surface area contributed by atoms with Gasteiger partial charge in [0.05, 0.1) is 6.61 Å². The monoisotopic (exact) mass is 289 g/mol. The molecule has 1 saturated heterocycles. The van der Waals surface area contributed by atoms with Crippen molar-refractivity contribution in [1.82, 2.24) is 0 Å². The third-order valence-electron chi connectivity index (χ3n) is 3.20. The van der Waals surface area contributed by atoms with E-state index in [0.717, 1.165) is 19.4 Å². The maximum Gasteiger partial charge on any atom is 0.169 e. The molecule has 2 rings (SSSR count). The van der Waals surface area contributed by atoms with E-state index >= 15 is 0 Å². The summed E-state index contributed by atoms with van der Waals surface area (Å²) in [7, 11) is 0. The summed E-state index contributed by atoms with van der Waals surface area (Å²) in [6, 6.07) is 3.53. The lowest BCUT2D eigenvalue weighted by Crippen LogP contribution is -2.43. The summed E-state index contributed by atoms with van der Waals surface area (Å²) < 4.78 is 11.4. The molecule has 16 heavy (non-hydrogen) atoms. The fraction of sp³-hybridized carbons (Fsp3) is 0.636. The second kappa shape index (κ2) is 4.87. The molecule has 2 unspecified atom stereocenters. The molecular formula is C11H16BrNO3.